The molecule has 0 saturated carbocycles. The molecule has 10 heteroatoms. The first kappa shape index (κ1) is 22.8. The van der Waals surface area contributed by atoms with E-state index < -0.39 is 35.7 Å². The number of carbonyl (C=O) groups is 2. The van der Waals surface area contributed by atoms with Gasteiger partial charge in [-0.15, -0.1) is 0 Å². The van der Waals surface area contributed by atoms with Gasteiger partial charge >= 0.3 is 6.03 Å². The van der Waals surface area contributed by atoms with Crippen LogP contribution in [0, 0.1) is 23.0 Å². The SMILES string of the molecule is N#CCc1cc(NC(=O)N2C[C@H](O)c3cc(F)ccc32)c2c(c1)C(=O)N[C@@H]2c1cc(F)ccc1Cl. The Labute approximate surface area is 203 Å². The Morgan fingerprint density at radius 3 is 2.63 bits per heavy atom. The molecule has 3 aromatic carbocycles. The first-order valence-electron chi connectivity index (χ1n) is 10.6. The number of nitriles is 1. The molecule has 2 heterocycles. The molecule has 176 valence electrons. The van der Waals surface area contributed by atoms with Crippen molar-refractivity contribution in [2.75, 3.05) is 16.8 Å². The van der Waals surface area contributed by atoms with E-state index in [1.807, 2.05) is 6.07 Å². The molecule has 2 aliphatic rings. The maximum absolute atomic E-state index is 14.0. The molecule has 2 atom stereocenters. The second-order valence-corrected chi connectivity index (χ2v) is 8.68. The maximum Gasteiger partial charge on any atom is 0.326 e. The molecule has 3 N–H and O–H groups in total. The van der Waals surface area contributed by atoms with Gasteiger partial charge in [-0.3, -0.25) is 9.69 Å². The number of fused-ring (bicyclic) bond motifs is 2. The number of amides is 3. The standard InChI is InChI=1S/C25H17ClF2N4O3/c26-18-3-1-13(27)9-15(18)23-22-17(24(34)31-23)7-12(5-6-29)8-19(22)30-25(35)32-11-21(33)16-10-14(28)2-4-20(16)32/h1-4,7-10,21,23,33H,5,11H2,(H,30,35)(H,31,34)/t21-,23+/m0/s1. The molecule has 0 spiro atoms. The minimum absolute atomic E-state index is 0.0145. The highest BCUT2D eigenvalue weighted by Gasteiger charge is 2.36. The Morgan fingerprint density at radius 1 is 1.17 bits per heavy atom. The molecule has 2 aliphatic heterocycles. The number of nitrogens with zero attached hydrogens (tertiary/aromatic N) is 2. The summed E-state index contributed by atoms with van der Waals surface area (Å²) in [7, 11) is 0. The predicted molar refractivity (Wildman–Crippen MR) is 124 cm³/mol. The lowest BCUT2D eigenvalue weighted by atomic mass is 9.94. The monoisotopic (exact) mass is 494 g/mol. The fourth-order valence-corrected chi connectivity index (χ4v) is 4.77. The predicted octanol–water partition coefficient (Wildman–Crippen LogP) is 4.60. The van der Waals surface area contributed by atoms with Gasteiger partial charge in [-0.1, -0.05) is 11.6 Å². The summed E-state index contributed by atoms with van der Waals surface area (Å²) in [4.78, 5) is 27.3. The van der Waals surface area contributed by atoms with E-state index in [9.17, 15) is 28.7 Å². The average molecular weight is 495 g/mol. The summed E-state index contributed by atoms with van der Waals surface area (Å²) in [6, 6.07) is 11.2. The zero-order chi connectivity index (χ0) is 24.9. The quantitative estimate of drug-likeness (QED) is 0.494. The van der Waals surface area contributed by atoms with Gasteiger partial charge in [0.25, 0.3) is 5.91 Å². The van der Waals surface area contributed by atoms with Gasteiger partial charge in [0.15, 0.2) is 0 Å². The van der Waals surface area contributed by atoms with E-state index in [2.05, 4.69) is 10.6 Å². The number of nitrogens with one attached hydrogen (secondary N) is 2. The number of hydrogen-bond acceptors (Lipinski definition) is 4. The second-order valence-electron chi connectivity index (χ2n) is 8.27. The first-order chi connectivity index (χ1) is 16.8. The molecule has 7 nitrogen and oxygen atoms in total. The molecule has 35 heavy (non-hydrogen) atoms. The van der Waals surface area contributed by atoms with Crippen molar-refractivity contribution < 1.29 is 23.5 Å². The van der Waals surface area contributed by atoms with Crippen molar-refractivity contribution in [1.29, 1.82) is 5.26 Å². The van der Waals surface area contributed by atoms with Crippen molar-refractivity contribution in [3.05, 3.63) is 93.0 Å². The number of aliphatic hydroxyl groups is 1. The van der Waals surface area contributed by atoms with Crippen LogP contribution < -0.4 is 15.5 Å². The lowest BCUT2D eigenvalue weighted by molar-refractivity contribution is 0.0960. The van der Waals surface area contributed by atoms with Gasteiger partial charge in [-0.2, -0.15) is 5.26 Å². The molecule has 0 saturated heterocycles. The molecule has 0 fully saturated rings. The molecule has 0 unspecified atom stereocenters. The fourth-order valence-electron chi connectivity index (χ4n) is 4.54. The van der Waals surface area contributed by atoms with E-state index in [0.717, 1.165) is 0 Å². The summed E-state index contributed by atoms with van der Waals surface area (Å²) in [6.45, 7) is -0.0962. The number of halogens is 3. The van der Waals surface area contributed by atoms with E-state index in [-0.39, 0.29) is 34.8 Å². The topological polar surface area (TPSA) is 105 Å². The zero-order valence-corrected chi connectivity index (χ0v) is 18.7. The molecule has 0 aliphatic carbocycles. The first-order valence-corrected chi connectivity index (χ1v) is 11.0. The Balaban J connectivity index is 1.58. The number of carbonyl (C=O) groups excluding carboxylic acids is 2. The van der Waals surface area contributed by atoms with Crippen molar-refractivity contribution >= 4 is 34.9 Å². The zero-order valence-electron chi connectivity index (χ0n) is 18.0. The molecule has 5 rings (SSSR count). The van der Waals surface area contributed by atoms with E-state index in [1.54, 1.807) is 12.1 Å². The van der Waals surface area contributed by atoms with Gasteiger partial charge in [-0.05, 0) is 54.1 Å². The van der Waals surface area contributed by atoms with Crippen molar-refractivity contribution in [1.82, 2.24) is 5.32 Å². The smallest absolute Gasteiger partial charge is 0.326 e. The van der Waals surface area contributed by atoms with Gasteiger partial charge in [0.1, 0.15) is 11.6 Å². The highest BCUT2D eigenvalue weighted by Crippen LogP contribution is 2.41. The molecule has 3 amide bonds. The summed E-state index contributed by atoms with van der Waals surface area (Å²) in [5, 5.41) is 25.2. The van der Waals surface area contributed by atoms with Crippen LogP contribution in [0.15, 0.2) is 48.5 Å². The number of β-amino-alcohol motifs (C(OH)–C–C–N with tert-alkyl or cyclic N) is 1. The normalized spacial score (nSPS) is 18.0. The summed E-state index contributed by atoms with van der Waals surface area (Å²) < 4.78 is 27.7. The summed E-state index contributed by atoms with van der Waals surface area (Å²) >= 11 is 6.30. The molecular weight excluding hydrogens is 478 g/mol. The summed E-state index contributed by atoms with van der Waals surface area (Å²) in [5.41, 5.74) is 2.25. The Morgan fingerprint density at radius 2 is 1.89 bits per heavy atom. The van der Waals surface area contributed by atoms with Crippen LogP contribution in [-0.4, -0.2) is 23.6 Å². The number of benzene rings is 3. The Kier molecular flexibility index (Phi) is 5.63. The van der Waals surface area contributed by atoms with Gasteiger partial charge in [0.05, 0.1) is 36.9 Å². The maximum atomic E-state index is 14.0. The van der Waals surface area contributed by atoms with Gasteiger partial charge in [0.2, 0.25) is 0 Å². The lowest BCUT2D eigenvalue weighted by Gasteiger charge is -2.22. The van der Waals surface area contributed by atoms with Gasteiger partial charge < -0.3 is 15.7 Å². The highest BCUT2D eigenvalue weighted by molar-refractivity contribution is 6.31. The third-order valence-electron chi connectivity index (χ3n) is 6.08. The van der Waals surface area contributed by atoms with E-state index in [0.29, 0.717) is 22.4 Å². The summed E-state index contributed by atoms with van der Waals surface area (Å²) in [5.74, 6) is -1.54. The second kappa shape index (κ2) is 8.65. The van der Waals surface area contributed by atoms with Crippen LogP contribution in [0.5, 0.6) is 0 Å². The minimum Gasteiger partial charge on any atom is -0.386 e. The van der Waals surface area contributed by atoms with E-state index in [4.69, 9.17) is 11.6 Å². The number of aliphatic hydroxyl groups excluding tert-OH is 1. The third kappa shape index (κ3) is 3.97. The third-order valence-corrected chi connectivity index (χ3v) is 6.43. The Bertz CT molecular complexity index is 1440. The average Bonchev–Trinajstić information content (AvgIpc) is 3.32. The minimum atomic E-state index is -1.07. The van der Waals surface area contributed by atoms with Crippen LogP contribution in [0.2, 0.25) is 5.02 Å². The Hall–Kier alpha value is -4.00. The van der Waals surface area contributed by atoms with Crippen LogP contribution in [0.4, 0.5) is 25.0 Å². The largest absolute Gasteiger partial charge is 0.386 e. The lowest BCUT2D eigenvalue weighted by Crippen LogP contribution is -2.34. The number of anilines is 2. The van der Waals surface area contributed by atoms with Crippen LogP contribution in [0.3, 0.4) is 0 Å². The van der Waals surface area contributed by atoms with Crippen LogP contribution in [0.1, 0.15) is 44.8 Å². The molecule has 0 radical (unpaired) electrons. The molecular formula is C25H17ClF2N4O3. The van der Waals surface area contributed by atoms with Crippen molar-refractivity contribution in [2.24, 2.45) is 0 Å². The fraction of sp³-hybridized carbons (Fsp3) is 0.160. The van der Waals surface area contributed by atoms with Crippen LogP contribution in [0.25, 0.3) is 0 Å². The number of urea groups is 1. The molecule has 0 aromatic heterocycles. The van der Waals surface area contributed by atoms with E-state index >= 15 is 0 Å². The van der Waals surface area contributed by atoms with Crippen molar-refractivity contribution in [3.8, 4) is 6.07 Å². The van der Waals surface area contributed by atoms with Crippen molar-refractivity contribution in [3.63, 3.8) is 0 Å². The van der Waals surface area contributed by atoms with E-state index in [1.165, 1.54) is 41.3 Å². The summed E-state index contributed by atoms with van der Waals surface area (Å²) in [6.07, 6.45) is -1.08. The molecule has 3 aromatic rings. The van der Waals surface area contributed by atoms with Gasteiger partial charge in [-0.25, -0.2) is 13.6 Å². The van der Waals surface area contributed by atoms with Crippen LogP contribution in [-0.2, 0) is 6.42 Å². The van der Waals surface area contributed by atoms with Crippen molar-refractivity contribution in [2.45, 2.75) is 18.6 Å². The number of hydrogen-bond donors (Lipinski definition) is 3. The highest BCUT2D eigenvalue weighted by atomic mass is 35.5. The number of rotatable bonds is 3. The van der Waals surface area contributed by atoms with Gasteiger partial charge in [0, 0.05) is 33.0 Å². The van der Waals surface area contributed by atoms with Crippen LogP contribution >= 0.6 is 11.6 Å². The molecule has 0 bridgehead atoms.